The molecule has 0 aliphatic rings. The molecular formula is C15H14ClN3O. The molecule has 2 heterocycles. The van der Waals surface area contributed by atoms with Crippen molar-refractivity contribution in [3.05, 3.63) is 58.9 Å². The van der Waals surface area contributed by atoms with Gasteiger partial charge < -0.3 is 10.5 Å². The van der Waals surface area contributed by atoms with Gasteiger partial charge in [0.25, 0.3) is 0 Å². The fourth-order valence-corrected chi connectivity index (χ4v) is 2.36. The van der Waals surface area contributed by atoms with Crippen LogP contribution in [0.15, 0.2) is 42.6 Å². The summed E-state index contributed by atoms with van der Waals surface area (Å²) >= 11 is 6.18. The van der Waals surface area contributed by atoms with Crippen molar-refractivity contribution >= 4 is 17.2 Å². The zero-order chi connectivity index (χ0) is 14.1. The Morgan fingerprint density at radius 3 is 2.90 bits per heavy atom. The quantitative estimate of drug-likeness (QED) is 0.801. The maximum atomic E-state index is 6.18. The lowest BCUT2D eigenvalue weighted by molar-refractivity contribution is 0.459. The van der Waals surface area contributed by atoms with Crippen LogP contribution in [0.2, 0.25) is 5.02 Å². The van der Waals surface area contributed by atoms with Gasteiger partial charge in [-0.05, 0) is 36.8 Å². The summed E-state index contributed by atoms with van der Waals surface area (Å²) in [5, 5.41) is 0.560. The van der Waals surface area contributed by atoms with Gasteiger partial charge in [0.15, 0.2) is 0 Å². The Morgan fingerprint density at radius 1 is 1.30 bits per heavy atom. The van der Waals surface area contributed by atoms with Gasteiger partial charge in [0.05, 0.1) is 5.02 Å². The molecule has 0 amide bonds. The van der Waals surface area contributed by atoms with Gasteiger partial charge in [0.2, 0.25) is 5.88 Å². The molecule has 0 aliphatic carbocycles. The molecule has 0 bridgehead atoms. The van der Waals surface area contributed by atoms with Crippen molar-refractivity contribution in [2.45, 2.75) is 13.5 Å². The summed E-state index contributed by atoms with van der Waals surface area (Å²) < 4.78 is 7.74. The number of halogens is 1. The van der Waals surface area contributed by atoms with Crippen LogP contribution in [-0.2, 0) is 6.54 Å². The maximum Gasteiger partial charge on any atom is 0.242 e. The highest BCUT2D eigenvalue weighted by Crippen LogP contribution is 2.31. The molecule has 5 heteroatoms. The first-order valence-corrected chi connectivity index (χ1v) is 6.67. The number of aromatic nitrogens is 2. The van der Waals surface area contributed by atoms with Gasteiger partial charge in [-0.2, -0.15) is 4.98 Å². The van der Waals surface area contributed by atoms with Gasteiger partial charge >= 0.3 is 0 Å². The van der Waals surface area contributed by atoms with Crippen LogP contribution in [0.25, 0.3) is 5.65 Å². The smallest absolute Gasteiger partial charge is 0.242 e. The number of fused-ring (bicyclic) bond motifs is 1. The molecule has 102 valence electrons. The van der Waals surface area contributed by atoms with E-state index < -0.39 is 0 Å². The van der Waals surface area contributed by atoms with Crippen molar-refractivity contribution in [2.75, 3.05) is 0 Å². The van der Waals surface area contributed by atoms with Crippen molar-refractivity contribution in [3.8, 4) is 11.6 Å². The lowest BCUT2D eigenvalue weighted by Crippen LogP contribution is -2.02. The van der Waals surface area contributed by atoms with Crippen LogP contribution in [0, 0.1) is 6.92 Å². The first-order chi connectivity index (χ1) is 9.69. The van der Waals surface area contributed by atoms with Crippen LogP contribution in [-0.4, -0.2) is 9.38 Å². The Bertz CT molecular complexity index is 767. The van der Waals surface area contributed by atoms with Crippen LogP contribution in [0.1, 0.15) is 11.3 Å². The number of nitrogens with zero attached hydrogens (tertiary/aromatic N) is 2. The van der Waals surface area contributed by atoms with E-state index in [0.29, 0.717) is 23.2 Å². The van der Waals surface area contributed by atoms with Gasteiger partial charge in [-0.25, -0.2) is 0 Å². The second-order valence-electron chi connectivity index (χ2n) is 4.53. The Kier molecular flexibility index (Phi) is 3.34. The molecule has 0 fully saturated rings. The second kappa shape index (κ2) is 5.15. The monoisotopic (exact) mass is 287 g/mol. The highest BCUT2D eigenvalue weighted by atomic mass is 35.5. The number of ether oxygens (including phenoxy) is 1. The van der Waals surface area contributed by atoms with Crippen LogP contribution < -0.4 is 10.5 Å². The van der Waals surface area contributed by atoms with Gasteiger partial charge in [-0.1, -0.05) is 23.7 Å². The van der Waals surface area contributed by atoms with E-state index in [4.69, 9.17) is 22.1 Å². The highest BCUT2D eigenvalue weighted by Gasteiger charge is 2.14. The van der Waals surface area contributed by atoms with E-state index in [-0.39, 0.29) is 0 Å². The Labute approximate surface area is 121 Å². The fourth-order valence-electron chi connectivity index (χ4n) is 2.09. The van der Waals surface area contributed by atoms with Crippen molar-refractivity contribution in [1.29, 1.82) is 0 Å². The molecule has 0 unspecified atom stereocenters. The van der Waals surface area contributed by atoms with E-state index in [0.717, 1.165) is 16.9 Å². The molecule has 0 spiro atoms. The average molecular weight is 288 g/mol. The van der Waals surface area contributed by atoms with E-state index >= 15 is 0 Å². The second-order valence-corrected chi connectivity index (χ2v) is 4.94. The topological polar surface area (TPSA) is 52.5 Å². The number of imidazole rings is 1. The van der Waals surface area contributed by atoms with Crippen molar-refractivity contribution in [1.82, 2.24) is 9.38 Å². The predicted molar refractivity (Wildman–Crippen MR) is 79.3 cm³/mol. The third-order valence-corrected chi connectivity index (χ3v) is 3.37. The third kappa shape index (κ3) is 2.24. The van der Waals surface area contributed by atoms with Crippen molar-refractivity contribution in [3.63, 3.8) is 0 Å². The van der Waals surface area contributed by atoms with E-state index in [1.54, 1.807) is 0 Å². The molecule has 4 nitrogen and oxygen atoms in total. The molecule has 2 aromatic heterocycles. The van der Waals surface area contributed by atoms with E-state index in [1.165, 1.54) is 0 Å². The highest BCUT2D eigenvalue weighted by molar-refractivity contribution is 6.32. The van der Waals surface area contributed by atoms with Gasteiger partial charge in [0.1, 0.15) is 17.1 Å². The number of benzene rings is 1. The first-order valence-electron chi connectivity index (χ1n) is 6.29. The van der Waals surface area contributed by atoms with Crippen molar-refractivity contribution < 1.29 is 4.74 Å². The lowest BCUT2D eigenvalue weighted by atomic mass is 10.2. The summed E-state index contributed by atoms with van der Waals surface area (Å²) in [4.78, 5) is 4.44. The summed E-state index contributed by atoms with van der Waals surface area (Å²) in [6.45, 7) is 2.32. The number of hydrogen-bond donors (Lipinski definition) is 1. The molecule has 20 heavy (non-hydrogen) atoms. The number of aryl methyl sites for hydroxylation is 1. The number of rotatable bonds is 3. The van der Waals surface area contributed by atoms with E-state index in [1.807, 2.05) is 53.9 Å². The maximum absolute atomic E-state index is 6.18. The molecule has 1 aromatic carbocycles. The minimum atomic E-state index is 0.337. The minimum absolute atomic E-state index is 0.337. The summed E-state index contributed by atoms with van der Waals surface area (Å²) in [5.74, 6) is 1.07. The minimum Gasteiger partial charge on any atom is -0.436 e. The van der Waals surface area contributed by atoms with Crippen molar-refractivity contribution in [2.24, 2.45) is 5.73 Å². The Morgan fingerprint density at radius 2 is 2.15 bits per heavy atom. The molecule has 0 atom stereocenters. The van der Waals surface area contributed by atoms with E-state index in [9.17, 15) is 0 Å². The SMILES string of the molecule is Cc1ccc(Oc2nc3ccccn3c2CN)c(Cl)c1. The third-order valence-electron chi connectivity index (χ3n) is 3.08. The summed E-state index contributed by atoms with van der Waals surface area (Å²) in [6, 6.07) is 11.4. The normalized spacial score (nSPS) is 10.9. The fraction of sp³-hybridized carbons (Fsp3) is 0.133. The molecule has 3 aromatic rings. The molecule has 0 saturated carbocycles. The zero-order valence-electron chi connectivity index (χ0n) is 11.0. The van der Waals surface area contributed by atoms with Crippen LogP contribution >= 0.6 is 11.6 Å². The summed E-state index contributed by atoms with van der Waals surface area (Å²) in [7, 11) is 0. The van der Waals surface area contributed by atoms with Crippen LogP contribution in [0.4, 0.5) is 0 Å². The molecular weight excluding hydrogens is 274 g/mol. The molecule has 0 saturated heterocycles. The largest absolute Gasteiger partial charge is 0.436 e. The average Bonchev–Trinajstić information content (AvgIpc) is 2.79. The van der Waals surface area contributed by atoms with Crippen LogP contribution in [0.5, 0.6) is 11.6 Å². The predicted octanol–water partition coefficient (Wildman–Crippen LogP) is 3.55. The number of hydrogen-bond acceptors (Lipinski definition) is 3. The van der Waals surface area contributed by atoms with Gasteiger partial charge in [0, 0.05) is 12.7 Å². The molecule has 0 aliphatic heterocycles. The molecule has 2 N–H and O–H groups in total. The van der Waals surface area contributed by atoms with Crippen LogP contribution in [0.3, 0.4) is 0 Å². The molecule has 0 radical (unpaired) electrons. The zero-order valence-corrected chi connectivity index (χ0v) is 11.8. The molecule has 3 rings (SSSR count). The lowest BCUT2D eigenvalue weighted by Gasteiger charge is -2.07. The van der Waals surface area contributed by atoms with Gasteiger partial charge in [-0.15, -0.1) is 0 Å². The Hall–Kier alpha value is -2.04. The summed E-state index contributed by atoms with van der Waals surface area (Å²) in [5.41, 5.74) is 8.50. The van der Waals surface area contributed by atoms with Gasteiger partial charge in [-0.3, -0.25) is 4.40 Å². The summed E-state index contributed by atoms with van der Waals surface area (Å²) in [6.07, 6.45) is 1.91. The first kappa shape index (κ1) is 13.0. The standard InChI is InChI=1S/C15H14ClN3O/c1-10-5-6-13(11(16)8-10)20-15-12(9-17)19-7-3-2-4-14(19)18-15/h2-8H,9,17H2,1H3. The van der Waals surface area contributed by atoms with E-state index in [2.05, 4.69) is 4.98 Å². The number of nitrogens with two attached hydrogens (primary N) is 1. The Balaban J connectivity index is 2.06. The number of pyridine rings is 1.